The van der Waals surface area contributed by atoms with E-state index in [4.69, 9.17) is 0 Å². The lowest BCUT2D eigenvalue weighted by Gasteiger charge is -2.07. The maximum Gasteiger partial charge on any atom is 0.372 e. The van der Waals surface area contributed by atoms with Crippen LogP contribution in [0.4, 0.5) is 0 Å². The highest BCUT2D eigenvalue weighted by molar-refractivity contribution is 5.60. The van der Waals surface area contributed by atoms with Crippen LogP contribution in [0.2, 0.25) is 0 Å². The summed E-state index contributed by atoms with van der Waals surface area (Å²) < 4.78 is 6.17. The minimum absolute atomic E-state index is 0.0764. The average molecular weight is 296 g/mol. The number of aryl methyl sites for hydroxylation is 3. The van der Waals surface area contributed by atoms with Crippen molar-refractivity contribution in [3.05, 3.63) is 57.6 Å². The summed E-state index contributed by atoms with van der Waals surface area (Å²) in [7, 11) is 2.03. The summed E-state index contributed by atoms with van der Waals surface area (Å²) in [5.74, 6) is 0.937. The molecule has 0 atom stereocenters. The molecule has 0 unspecified atom stereocenters. The predicted molar refractivity (Wildman–Crippen MR) is 88.2 cm³/mol. The third-order valence-electron chi connectivity index (χ3n) is 4.59. The van der Waals surface area contributed by atoms with Crippen LogP contribution in [0.25, 0.3) is 17.0 Å². The highest BCUT2D eigenvalue weighted by atomic mass is 16.1. The van der Waals surface area contributed by atoms with Gasteiger partial charge in [-0.15, -0.1) is 0 Å². The average Bonchev–Trinajstić information content (AvgIpc) is 2.78. The van der Waals surface area contributed by atoms with Gasteiger partial charge in [0.2, 0.25) is 0 Å². The number of nitrogens with zero attached hydrogens (tertiary/aromatic N) is 3. The van der Waals surface area contributed by atoms with E-state index in [-0.39, 0.29) is 5.56 Å². The first-order valence-corrected chi connectivity index (χ1v) is 7.65. The van der Waals surface area contributed by atoms with Crippen molar-refractivity contribution in [3.63, 3.8) is 0 Å². The van der Waals surface area contributed by atoms with Gasteiger partial charge in [-0.3, -0.25) is 4.79 Å². The molecule has 22 heavy (non-hydrogen) atoms. The van der Waals surface area contributed by atoms with Gasteiger partial charge in [-0.25, -0.2) is 9.13 Å². The fourth-order valence-electron chi connectivity index (χ4n) is 3.35. The zero-order valence-corrected chi connectivity index (χ0v) is 13.8. The quantitative estimate of drug-likeness (QED) is 0.668. The van der Waals surface area contributed by atoms with Gasteiger partial charge in [-0.1, -0.05) is 30.3 Å². The molecular formula is C18H22N3O+. The van der Waals surface area contributed by atoms with Crippen LogP contribution in [-0.4, -0.2) is 8.97 Å². The second-order valence-electron chi connectivity index (χ2n) is 5.75. The normalized spacial score (nSPS) is 11.3. The van der Waals surface area contributed by atoms with Gasteiger partial charge in [0.1, 0.15) is 11.4 Å². The second kappa shape index (κ2) is 5.13. The van der Waals surface area contributed by atoms with E-state index in [0.29, 0.717) is 0 Å². The van der Waals surface area contributed by atoms with Gasteiger partial charge in [0, 0.05) is 5.56 Å². The van der Waals surface area contributed by atoms with Crippen molar-refractivity contribution in [2.75, 3.05) is 0 Å². The third-order valence-corrected chi connectivity index (χ3v) is 4.59. The number of aromatic nitrogens is 3. The van der Waals surface area contributed by atoms with Crippen molar-refractivity contribution in [3.8, 4) is 11.3 Å². The second-order valence-corrected chi connectivity index (χ2v) is 5.75. The highest BCUT2D eigenvalue weighted by Crippen LogP contribution is 2.21. The maximum atomic E-state index is 12.8. The smallest absolute Gasteiger partial charge is 0.250 e. The molecule has 0 radical (unpaired) electrons. The number of hydrogen-bond acceptors (Lipinski definition) is 1. The van der Waals surface area contributed by atoms with Crippen LogP contribution in [-0.2, 0) is 13.6 Å². The first-order chi connectivity index (χ1) is 10.5. The molecule has 0 spiro atoms. The summed E-state index contributed by atoms with van der Waals surface area (Å²) in [6, 6.07) is 10.2. The van der Waals surface area contributed by atoms with Crippen molar-refractivity contribution in [1.29, 1.82) is 0 Å². The van der Waals surface area contributed by atoms with Crippen molar-refractivity contribution in [2.24, 2.45) is 7.05 Å². The maximum absolute atomic E-state index is 12.8. The van der Waals surface area contributed by atoms with E-state index >= 15 is 0 Å². The minimum atomic E-state index is 0.0764. The topological polar surface area (TPSA) is 30.3 Å². The molecule has 3 aromatic rings. The molecule has 2 heterocycles. The number of imidazole rings is 1. The van der Waals surface area contributed by atoms with Gasteiger partial charge in [-0.2, -0.15) is 4.40 Å². The van der Waals surface area contributed by atoms with Crippen molar-refractivity contribution in [1.82, 2.24) is 8.97 Å². The van der Waals surface area contributed by atoms with Crippen LogP contribution in [0.5, 0.6) is 0 Å². The summed E-state index contributed by atoms with van der Waals surface area (Å²) in [6.07, 6.45) is 0. The monoisotopic (exact) mass is 296 g/mol. The molecule has 114 valence electrons. The Kier molecular flexibility index (Phi) is 3.39. The third kappa shape index (κ3) is 1.83. The lowest BCUT2D eigenvalue weighted by Crippen LogP contribution is -2.35. The zero-order chi connectivity index (χ0) is 16.0. The van der Waals surface area contributed by atoms with Crippen LogP contribution in [0.3, 0.4) is 0 Å². The first kappa shape index (κ1) is 14.6. The van der Waals surface area contributed by atoms with Crippen LogP contribution < -0.4 is 10.1 Å². The molecule has 4 heteroatoms. The molecule has 0 amide bonds. The van der Waals surface area contributed by atoms with E-state index in [0.717, 1.165) is 40.5 Å². The molecular weight excluding hydrogens is 274 g/mol. The Balaban J connectivity index is 2.55. The van der Waals surface area contributed by atoms with E-state index in [1.165, 1.54) is 0 Å². The van der Waals surface area contributed by atoms with Crippen molar-refractivity contribution < 1.29 is 4.57 Å². The molecule has 0 N–H and O–H groups in total. The van der Waals surface area contributed by atoms with E-state index in [1.54, 1.807) is 0 Å². The van der Waals surface area contributed by atoms with Gasteiger partial charge < -0.3 is 0 Å². The van der Waals surface area contributed by atoms with Gasteiger partial charge >= 0.3 is 11.3 Å². The van der Waals surface area contributed by atoms with Crippen molar-refractivity contribution >= 4 is 5.78 Å². The molecule has 3 rings (SSSR count). The molecule has 0 aliphatic rings. The fourth-order valence-corrected chi connectivity index (χ4v) is 3.35. The van der Waals surface area contributed by atoms with E-state index in [2.05, 4.69) is 28.2 Å². The van der Waals surface area contributed by atoms with Crippen LogP contribution in [0.15, 0.2) is 35.1 Å². The number of rotatable bonds is 2. The van der Waals surface area contributed by atoms with E-state index in [9.17, 15) is 4.79 Å². The first-order valence-electron chi connectivity index (χ1n) is 7.65. The van der Waals surface area contributed by atoms with Crippen LogP contribution >= 0.6 is 0 Å². The van der Waals surface area contributed by atoms with Crippen LogP contribution in [0, 0.1) is 20.8 Å². The van der Waals surface area contributed by atoms with E-state index < -0.39 is 0 Å². The Morgan fingerprint density at radius 2 is 1.68 bits per heavy atom. The Hall–Kier alpha value is -2.36. The minimum Gasteiger partial charge on any atom is -0.250 e. The molecule has 2 aromatic heterocycles. The number of benzene rings is 1. The Labute approximate surface area is 130 Å². The summed E-state index contributed by atoms with van der Waals surface area (Å²) in [5.41, 5.74) is 5.13. The molecule has 0 saturated carbocycles. The number of hydrogen-bond donors (Lipinski definition) is 0. The molecule has 0 fully saturated rings. The molecule has 4 nitrogen and oxygen atoms in total. The van der Waals surface area contributed by atoms with Gasteiger partial charge in [0.15, 0.2) is 0 Å². The fraction of sp³-hybridized carbons (Fsp3) is 0.333. The molecule has 0 bridgehead atoms. The standard InChI is InChI=1S/C18H22N3O/c1-6-20-13(3)12(2)17(22)21-14(4)16(19(5)18(20)21)15-10-8-7-9-11-15/h7-11H,6H2,1-5H3/q+1. The SMILES string of the molecule is CCn1c(C)c(C)c(=O)n2c(C)c(-c3ccccc3)[n+](C)c12. The highest BCUT2D eigenvalue weighted by Gasteiger charge is 2.27. The largest absolute Gasteiger partial charge is 0.372 e. The summed E-state index contributed by atoms with van der Waals surface area (Å²) in [5, 5.41) is 0. The van der Waals surface area contributed by atoms with Gasteiger partial charge in [-0.05, 0) is 27.7 Å². The molecule has 0 saturated heterocycles. The molecule has 1 aromatic carbocycles. The lowest BCUT2D eigenvalue weighted by atomic mass is 10.1. The Morgan fingerprint density at radius 1 is 1.05 bits per heavy atom. The number of fused-ring (bicyclic) bond motifs is 1. The predicted octanol–water partition coefficient (Wildman–Crippen LogP) is 2.54. The van der Waals surface area contributed by atoms with E-state index in [1.807, 2.05) is 50.4 Å². The Morgan fingerprint density at radius 3 is 2.27 bits per heavy atom. The molecule has 0 aliphatic carbocycles. The summed E-state index contributed by atoms with van der Waals surface area (Å²) >= 11 is 0. The summed E-state index contributed by atoms with van der Waals surface area (Å²) in [6.45, 7) is 8.89. The van der Waals surface area contributed by atoms with Gasteiger partial charge in [0.25, 0.3) is 0 Å². The van der Waals surface area contributed by atoms with Gasteiger partial charge in [0.05, 0.1) is 24.8 Å². The Bertz CT molecular complexity index is 917. The molecule has 0 aliphatic heterocycles. The van der Waals surface area contributed by atoms with Crippen molar-refractivity contribution in [2.45, 2.75) is 34.2 Å². The summed E-state index contributed by atoms with van der Waals surface area (Å²) in [4.78, 5) is 12.8. The van der Waals surface area contributed by atoms with Crippen LogP contribution in [0.1, 0.15) is 23.9 Å². The zero-order valence-electron chi connectivity index (χ0n) is 13.8. The lowest BCUT2D eigenvalue weighted by molar-refractivity contribution is -0.636.